The molecule has 0 aliphatic carbocycles. The molecule has 0 aliphatic heterocycles. The third kappa shape index (κ3) is 3.18. The molecule has 2 rings (SSSR count). The summed E-state index contributed by atoms with van der Waals surface area (Å²) >= 11 is 10.2. The van der Waals surface area contributed by atoms with Crippen molar-refractivity contribution in [2.45, 2.75) is 26.1 Å². The Morgan fingerprint density at radius 3 is 2.60 bits per heavy atom. The molecule has 0 spiro atoms. The lowest BCUT2D eigenvalue weighted by molar-refractivity contribution is 0.337. The zero-order chi connectivity index (χ0) is 14.7. The molecule has 0 aromatic heterocycles. The third-order valence-electron chi connectivity index (χ3n) is 3.46. The van der Waals surface area contributed by atoms with Gasteiger partial charge in [0.25, 0.3) is 0 Å². The average molecular weight is 354 g/mol. The molecule has 2 aromatic carbocycles. The fourth-order valence-electron chi connectivity index (χ4n) is 2.22. The number of alkyl halides is 1. The third-order valence-corrected chi connectivity index (χ3v) is 4.43. The Morgan fingerprint density at radius 1 is 1.15 bits per heavy atom. The molecule has 1 unspecified atom stereocenters. The average Bonchev–Trinajstić information content (AvgIpc) is 2.43. The highest BCUT2D eigenvalue weighted by Crippen LogP contribution is 2.38. The quantitative estimate of drug-likeness (QED) is 0.632. The van der Waals surface area contributed by atoms with Crippen molar-refractivity contribution in [2.24, 2.45) is 0 Å². The van der Waals surface area contributed by atoms with Crippen molar-refractivity contribution in [1.29, 1.82) is 0 Å². The van der Waals surface area contributed by atoms with Gasteiger partial charge in [-0.3, -0.25) is 0 Å². The molecule has 20 heavy (non-hydrogen) atoms. The summed E-state index contributed by atoms with van der Waals surface area (Å²) in [5, 5.41) is -0.214. The minimum absolute atomic E-state index is 0.214. The van der Waals surface area contributed by atoms with Crippen LogP contribution >= 0.6 is 27.5 Å². The maximum atomic E-state index is 6.72. The molecule has 106 valence electrons. The summed E-state index contributed by atoms with van der Waals surface area (Å²) in [5.41, 5.74) is 4.61. The Kier molecular flexibility index (Phi) is 5.11. The van der Waals surface area contributed by atoms with Crippen LogP contribution in [0.4, 0.5) is 0 Å². The number of rotatable bonds is 4. The molecular formula is C17H18BrClO. The second kappa shape index (κ2) is 6.64. The van der Waals surface area contributed by atoms with Crippen molar-refractivity contribution >= 4 is 27.5 Å². The molecule has 3 heteroatoms. The SMILES string of the molecule is CCOc1ccc(Br)cc1C(Cl)c1cccc(C)c1C. The maximum Gasteiger partial charge on any atom is 0.124 e. The lowest BCUT2D eigenvalue weighted by Gasteiger charge is -2.18. The van der Waals surface area contributed by atoms with Crippen molar-refractivity contribution in [1.82, 2.24) is 0 Å². The van der Waals surface area contributed by atoms with E-state index in [0.717, 1.165) is 21.3 Å². The molecule has 0 heterocycles. The van der Waals surface area contributed by atoms with Gasteiger partial charge in [-0.15, -0.1) is 11.6 Å². The van der Waals surface area contributed by atoms with Crippen LogP contribution in [0.3, 0.4) is 0 Å². The van der Waals surface area contributed by atoms with Gasteiger partial charge < -0.3 is 4.74 Å². The van der Waals surface area contributed by atoms with Crippen molar-refractivity contribution in [3.63, 3.8) is 0 Å². The van der Waals surface area contributed by atoms with E-state index in [-0.39, 0.29) is 5.38 Å². The summed E-state index contributed by atoms with van der Waals surface area (Å²) in [4.78, 5) is 0. The Labute approximate surface area is 134 Å². The number of aryl methyl sites for hydroxylation is 1. The number of hydrogen-bond donors (Lipinski definition) is 0. The van der Waals surface area contributed by atoms with Crippen LogP contribution in [-0.2, 0) is 0 Å². The molecule has 0 amide bonds. The smallest absolute Gasteiger partial charge is 0.124 e. The van der Waals surface area contributed by atoms with E-state index >= 15 is 0 Å². The van der Waals surface area contributed by atoms with Crippen molar-refractivity contribution in [3.8, 4) is 5.75 Å². The zero-order valence-corrected chi connectivity index (χ0v) is 14.3. The van der Waals surface area contributed by atoms with Gasteiger partial charge in [0.1, 0.15) is 5.75 Å². The first-order chi connectivity index (χ1) is 9.54. The van der Waals surface area contributed by atoms with Crippen LogP contribution in [0.1, 0.15) is 34.6 Å². The lowest BCUT2D eigenvalue weighted by atomic mass is 9.96. The fraction of sp³-hybridized carbons (Fsp3) is 0.294. The first-order valence-electron chi connectivity index (χ1n) is 6.67. The van der Waals surface area contributed by atoms with Crippen LogP contribution < -0.4 is 4.74 Å². The van der Waals surface area contributed by atoms with Crippen LogP contribution in [0.5, 0.6) is 5.75 Å². The molecule has 0 N–H and O–H groups in total. The standard InChI is InChI=1S/C17H18BrClO/c1-4-20-16-9-8-13(18)10-15(16)17(19)14-7-5-6-11(2)12(14)3/h5-10,17H,4H2,1-3H3. The van der Waals surface area contributed by atoms with Gasteiger partial charge in [-0.05, 0) is 55.7 Å². The summed E-state index contributed by atoms with van der Waals surface area (Å²) in [6.45, 7) is 6.82. The molecule has 0 aliphatic rings. The molecule has 0 radical (unpaired) electrons. The van der Waals surface area contributed by atoms with Crippen molar-refractivity contribution in [2.75, 3.05) is 6.61 Å². The van der Waals surface area contributed by atoms with Gasteiger partial charge >= 0.3 is 0 Å². The van der Waals surface area contributed by atoms with E-state index < -0.39 is 0 Å². The highest BCUT2D eigenvalue weighted by Gasteiger charge is 2.18. The van der Waals surface area contributed by atoms with E-state index in [1.54, 1.807) is 0 Å². The molecule has 0 fully saturated rings. The van der Waals surface area contributed by atoms with Crippen molar-refractivity contribution in [3.05, 3.63) is 63.1 Å². The minimum Gasteiger partial charge on any atom is -0.494 e. The van der Waals surface area contributed by atoms with E-state index in [1.807, 2.05) is 31.2 Å². The normalized spacial score (nSPS) is 12.2. The van der Waals surface area contributed by atoms with Gasteiger partial charge in [0, 0.05) is 10.0 Å². The molecule has 1 nitrogen and oxygen atoms in total. The van der Waals surface area contributed by atoms with Crippen LogP contribution in [0.25, 0.3) is 0 Å². The first-order valence-corrected chi connectivity index (χ1v) is 7.90. The topological polar surface area (TPSA) is 9.23 Å². The van der Waals surface area contributed by atoms with Crippen LogP contribution in [0.2, 0.25) is 0 Å². The van der Waals surface area contributed by atoms with E-state index in [9.17, 15) is 0 Å². The Balaban J connectivity index is 2.49. The maximum absolute atomic E-state index is 6.72. The zero-order valence-electron chi connectivity index (χ0n) is 11.9. The number of ether oxygens (including phenoxy) is 1. The van der Waals surface area contributed by atoms with Gasteiger partial charge in [-0.25, -0.2) is 0 Å². The van der Waals surface area contributed by atoms with Crippen LogP contribution in [0.15, 0.2) is 40.9 Å². The number of halogens is 2. The molecule has 2 aromatic rings. The van der Waals surface area contributed by atoms with Gasteiger partial charge in [-0.2, -0.15) is 0 Å². The second-order valence-corrected chi connectivity index (χ2v) is 6.12. The molecular weight excluding hydrogens is 336 g/mol. The summed E-state index contributed by atoms with van der Waals surface area (Å²) < 4.78 is 6.71. The van der Waals surface area contributed by atoms with Crippen molar-refractivity contribution < 1.29 is 4.74 Å². The molecule has 0 saturated heterocycles. The van der Waals surface area contributed by atoms with E-state index in [4.69, 9.17) is 16.3 Å². The lowest BCUT2D eigenvalue weighted by Crippen LogP contribution is -2.02. The second-order valence-electron chi connectivity index (χ2n) is 4.77. The summed E-state index contributed by atoms with van der Waals surface area (Å²) in [5.74, 6) is 0.844. The van der Waals surface area contributed by atoms with Gasteiger partial charge in [0.05, 0.1) is 12.0 Å². The Morgan fingerprint density at radius 2 is 1.90 bits per heavy atom. The van der Waals surface area contributed by atoms with Gasteiger partial charge in [-0.1, -0.05) is 34.1 Å². The summed E-state index contributed by atoms with van der Waals surface area (Å²) in [7, 11) is 0. The van der Waals surface area contributed by atoms with Crippen LogP contribution in [0, 0.1) is 13.8 Å². The highest BCUT2D eigenvalue weighted by atomic mass is 79.9. The monoisotopic (exact) mass is 352 g/mol. The van der Waals surface area contributed by atoms with E-state index in [2.05, 4.69) is 41.9 Å². The minimum atomic E-state index is -0.214. The molecule has 1 atom stereocenters. The van der Waals surface area contributed by atoms with E-state index in [0.29, 0.717) is 6.61 Å². The fourth-order valence-corrected chi connectivity index (χ4v) is 3.01. The van der Waals surface area contributed by atoms with Gasteiger partial charge in [0.2, 0.25) is 0 Å². The Bertz CT molecular complexity index is 610. The predicted octanol–water partition coefficient (Wildman–Crippen LogP) is 5.79. The Hall–Kier alpha value is -0.990. The summed E-state index contributed by atoms with van der Waals surface area (Å²) in [6.07, 6.45) is 0. The largest absolute Gasteiger partial charge is 0.494 e. The van der Waals surface area contributed by atoms with E-state index in [1.165, 1.54) is 11.1 Å². The predicted molar refractivity (Wildman–Crippen MR) is 88.9 cm³/mol. The molecule has 0 bridgehead atoms. The number of benzene rings is 2. The molecule has 0 saturated carbocycles. The summed E-state index contributed by atoms with van der Waals surface area (Å²) in [6, 6.07) is 12.2. The highest BCUT2D eigenvalue weighted by molar-refractivity contribution is 9.10. The number of hydrogen-bond acceptors (Lipinski definition) is 1. The van der Waals surface area contributed by atoms with Crippen LogP contribution in [-0.4, -0.2) is 6.61 Å². The van der Waals surface area contributed by atoms with Gasteiger partial charge in [0.15, 0.2) is 0 Å². The first kappa shape index (κ1) is 15.4.